The molecule has 2 aromatic rings. The summed E-state index contributed by atoms with van der Waals surface area (Å²) in [6, 6.07) is 18.2. The maximum Gasteiger partial charge on any atom is 0.309 e. The molecule has 0 fully saturated rings. The molecule has 0 bridgehead atoms. The quantitative estimate of drug-likeness (QED) is 0.579. The Bertz CT molecular complexity index is 758. The van der Waals surface area contributed by atoms with Gasteiger partial charge in [-0.3, -0.25) is 9.59 Å². The predicted octanol–water partition coefficient (Wildman–Crippen LogP) is 0.413. The minimum atomic E-state index is -0.593. The Balaban J connectivity index is 1.84. The smallest absolute Gasteiger partial charge is 0.309 e. The van der Waals surface area contributed by atoms with Crippen molar-refractivity contribution in [2.75, 3.05) is 46.2 Å². The van der Waals surface area contributed by atoms with Gasteiger partial charge in [-0.05, 0) is 24.1 Å². The van der Waals surface area contributed by atoms with Gasteiger partial charge in [-0.2, -0.15) is 0 Å². The lowest BCUT2D eigenvalue weighted by atomic mass is 10.1. The first kappa shape index (κ1) is 21.4. The lowest BCUT2D eigenvalue weighted by Crippen LogP contribution is -3.07. The van der Waals surface area contributed by atoms with Crippen molar-refractivity contribution in [2.45, 2.75) is 12.5 Å². The van der Waals surface area contributed by atoms with Crippen molar-refractivity contribution in [3.63, 3.8) is 0 Å². The Hall–Kier alpha value is -2.86. The van der Waals surface area contributed by atoms with Crippen LogP contribution in [0.2, 0.25) is 0 Å². The summed E-state index contributed by atoms with van der Waals surface area (Å²) in [6.45, 7) is 0.833. The van der Waals surface area contributed by atoms with E-state index in [4.69, 9.17) is 0 Å². The van der Waals surface area contributed by atoms with E-state index in [-0.39, 0.29) is 6.04 Å². The van der Waals surface area contributed by atoms with Crippen molar-refractivity contribution in [1.29, 1.82) is 0 Å². The summed E-state index contributed by atoms with van der Waals surface area (Å²) < 4.78 is 0. The second-order valence-electron chi connectivity index (χ2n) is 7.32. The SMILES string of the molecule is CN(C)c1ccc([C@@H](CNC(=O)C(=O)NCCc2ccccc2)[NH+](C)C)cc1. The summed E-state index contributed by atoms with van der Waals surface area (Å²) in [5.74, 6) is -1.18. The van der Waals surface area contributed by atoms with Gasteiger partial charge in [0.2, 0.25) is 0 Å². The fourth-order valence-electron chi connectivity index (χ4n) is 2.98. The van der Waals surface area contributed by atoms with Crippen LogP contribution in [0.1, 0.15) is 17.2 Å². The van der Waals surface area contributed by atoms with Crippen molar-refractivity contribution in [2.24, 2.45) is 0 Å². The number of anilines is 1. The average molecular weight is 384 g/mol. The lowest BCUT2D eigenvalue weighted by Gasteiger charge is -2.23. The molecule has 0 aliphatic heterocycles. The van der Waals surface area contributed by atoms with E-state index in [1.807, 2.05) is 63.4 Å². The molecule has 0 aliphatic carbocycles. The van der Waals surface area contributed by atoms with Gasteiger partial charge < -0.3 is 20.4 Å². The van der Waals surface area contributed by atoms with Crippen molar-refractivity contribution < 1.29 is 14.5 Å². The third kappa shape index (κ3) is 6.39. The number of nitrogens with zero attached hydrogens (tertiary/aromatic N) is 1. The third-order valence-corrected chi connectivity index (χ3v) is 4.72. The Morgan fingerprint density at radius 2 is 1.54 bits per heavy atom. The number of benzene rings is 2. The minimum Gasteiger partial charge on any atom is -0.378 e. The van der Waals surface area contributed by atoms with Crippen LogP contribution in [0.4, 0.5) is 5.69 Å². The maximum atomic E-state index is 12.1. The highest BCUT2D eigenvalue weighted by Crippen LogP contribution is 2.16. The number of rotatable bonds is 8. The maximum absolute atomic E-state index is 12.1. The highest BCUT2D eigenvalue weighted by molar-refractivity contribution is 6.35. The van der Waals surface area contributed by atoms with Gasteiger partial charge >= 0.3 is 11.8 Å². The zero-order valence-electron chi connectivity index (χ0n) is 17.2. The molecule has 2 amide bonds. The summed E-state index contributed by atoms with van der Waals surface area (Å²) in [5, 5.41) is 5.45. The number of carbonyl (C=O) groups is 2. The van der Waals surface area contributed by atoms with Crippen LogP contribution in [-0.2, 0) is 16.0 Å². The van der Waals surface area contributed by atoms with E-state index >= 15 is 0 Å². The van der Waals surface area contributed by atoms with Gasteiger partial charge in [0.25, 0.3) is 0 Å². The molecule has 0 radical (unpaired) electrons. The van der Waals surface area contributed by atoms with Gasteiger partial charge in [-0.1, -0.05) is 42.5 Å². The topological polar surface area (TPSA) is 65.9 Å². The number of likely N-dealkylation sites (N-methyl/N-ethyl adjacent to an activating group) is 1. The molecule has 0 spiro atoms. The fourth-order valence-corrected chi connectivity index (χ4v) is 2.98. The molecule has 0 saturated carbocycles. The van der Waals surface area contributed by atoms with Crippen LogP contribution in [0, 0.1) is 0 Å². The van der Waals surface area contributed by atoms with E-state index in [0.29, 0.717) is 19.5 Å². The van der Waals surface area contributed by atoms with Crippen LogP contribution < -0.4 is 20.4 Å². The van der Waals surface area contributed by atoms with Gasteiger partial charge in [0.1, 0.15) is 6.04 Å². The zero-order chi connectivity index (χ0) is 20.5. The molecular weight excluding hydrogens is 352 g/mol. The normalized spacial score (nSPS) is 11.8. The first-order chi connectivity index (χ1) is 13.4. The molecule has 3 N–H and O–H groups in total. The summed E-state index contributed by atoms with van der Waals surface area (Å²) >= 11 is 0. The van der Waals surface area contributed by atoms with Crippen molar-refractivity contribution in [3.05, 3.63) is 65.7 Å². The van der Waals surface area contributed by atoms with E-state index in [0.717, 1.165) is 16.8 Å². The molecule has 2 aromatic carbocycles. The molecule has 1 atom stereocenters. The van der Waals surface area contributed by atoms with Crippen LogP contribution in [0.5, 0.6) is 0 Å². The second kappa shape index (κ2) is 10.5. The molecule has 0 aliphatic rings. The Labute approximate surface area is 167 Å². The largest absolute Gasteiger partial charge is 0.378 e. The van der Waals surface area contributed by atoms with Crippen LogP contribution in [0.25, 0.3) is 0 Å². The number of hydrogen-bond acceptors (Lipinski definition) is 3. The van der Waals surface area contributed by atoms with E-state index in [1.165, 1.54) is 4.90 Å². The van der Waals surface area contributed by atoms with E-state index in [1.54, 1.807) is 0 Å². The molecule has 6 heteroatoms. The Morgan fingerprint density at radius 1 is 0.929 bits per heavy atom. The van der Waals surface area contributed by atoms with E-state index < -0.39 is 11.8 Å². The number of quaternary nitrogens is 1. The van der Waals surface area contributed by atoms with Crippen molar-refractivity contribution in [3.8, 4) is 0 Å². The molecule has 0 heterocycles. The monoisotopic (exact) mass is 383 g/mol. The first-order valence-corrected chi connectivity index (χ1v) is 9.55. The Kier molecular flexibility index (Phi) is 8.02. The van der Waals surface area contributed by atoms with Crippen LogP contribution in [-0.4, -0.2) is 53.1 Å². The van der Waals surface area contributed by atoms with Crippen LogP contribution in [0.3, 0.4) is 0 Å². The zero-order valence-corrected chi connectivity index (χ0v) is 17.2. The highest BCUT2D eigenvalue weighted by Gasteiger charge is 2.21. The minimum absolute atomic E-state index is 0.0669. The van der Waals surface area contributed by atoms with Gasteiger partial charge in [0, 0.05) is 31.9 Å². The average Bonchev–Trinajstić information content (AvgIpc) is 2.68. The molecule has 6 nitrogen and oxygen atoms in total. The van der Waals surface area contributed by atoms with Crippen LogP contribution >= 0.6 is 0 Å². The highest BCUT2D eigenvalue weighted by atomic mass is 16.2. The van der Waals surface area contributed by atoms with Crippen molar-refractivity contribution >= 4 is 17.5 Å². The summed E-state index contributed by atoms with van der Waals surface area (Å²) in [7, 11) is 8.08. The van der Waals surface area contributed by atoms with Gasteiger partial charge in [-0.25, -0.2) is 0 Å². The summed E-state index contributed by atoms with van der Waals surface area (Å²) in [6.07, 6.45) is 0.697. The van der Waals surface area contributed by atoms with Gasteiger partial charge in [-0.15, -0.1) is 0 Å². The number of carbonyl (C=O) groups excluding carboxylic acids is 2. The fraction of sp³-hybridized carbons (Fsp3) is 0.364. The van der Waals surface area contributed by atoms with E-state index in [2.05, 4.69) is 34.9 Å². The standard InChI is InChI=1S/C22H30N4O2/c1-25(2)19-12-10-18(11-13-19)20(26(3)4)16-24-22(28)21(27)23-15-14-17-8-6-5-7-9-17/h5-13,20H,14-16H2,1-4H3,(H,23,27)(H,24,28)/p+1/t20-/m1/s1. The molecule has 0 aromatic heterocycles. The summed E-state index contributed by atoms with van der Waals surface area (Å²) in [4.78, 5) is 27.4. The first-order valence-electron chi connectivity index (χ1n) is 9.55. The molecular formula is C22H31N4O2+. The van der Waals surface area contributed by atoms with Crippen LogP contribution in [0.15, 0.2) is 54.6 Å². The molecule has 150 valence electrons. The van der Waals surface area contributed by atoms with E-state index in [9.17, 15) is 9.59 Å². The number of hydrogen-bond donors (Lipinski definition) is 3. The van der Waals surface area contributed by atoms with Gasteiger partial charge in [0.05, 0.1) is 20.6 Å². The molecule has 28 heavy (non-hydrogen) atoms. The Morgan fingerprint density at radius 3 is 2.11 bits per heavy atom. The van der Waals surface area contributed by atoms with Gasteiger partial charge in [0.15, 0.2) is 0 Å². The molecule has 2 rings (SSSR count). The van der Waals surface area contributed by atoms with Crippen molar-refractivity contribution in [1.82, 2.24) is 10.6 Å². The molecule has 0 unspecified atom stereocenters. The lowest BCUT2D eigenvalue weighted by molar-refractivity contribution is -0.890. The third-order valence-electron chi connectivity index (χ3n) is 4.72. The number of nitrogens with one attached hydrogen (secondary N) is 3. The summed E-state index contributed by atoms with van der Waals surface area (Å²) in [5.41, 5.74) is 3.37. The predicted molar refractivity (Wildman–Crippen MR) is 112 cm³/mol. The number of amides is 2. The molecule has 0 saturated heterocycles. The second-order valence-corrected chi connectivity index (χ2v) is 7.32.